The van der Waals surface area contributed by atoms with Crippen LogP contribution in [0.3, 0.4) is 0 Å². The Labute approximate surface area is 138 Å². The fraction of sp³-hybridized carbons (Fsp3) is 0.154. The summed E-state index contributed by atoms with van der Waals surface area (Å²) in [6.45, 7) is 0. The van der Waals surface area contributed by atoms with E-state index >= 15 is 0 Å². The molecule has 1 aromatic carbocycles. The Hall–Kier alpha value is -2.18. The van der Waals surface area contributed by atoms with Gasteiger partial charge in [0.05, 0.1) is 6.20 Å². The number of benzene rings is 1. The smallest absolute Gasteiger partial charge is 0.335 e. The highest BCUT2D eigenvalue weighted by Crippen LogP contribution is 2.29. The van der Waals surface area contributed by atoms with Crippen molar-refractivity contribution in [2.75, 3.05) is 7.11 Å². The lowest BCUT2D eigenvalue weighted by molar-refractivity contribution is -2.00. The van der Waals surface area contributed by atoms with E-state index in [0.29, 0.717) is 5.95 Å². The van der Waals surface area contributed by atoms with Crippen LogP contribution in [0, 0.1) is 10.2 Å². The van der Waals surface area contributed by atoms with Crippen molar-refractivity contribution in [1.29, 1.82) is 0 Å². The van der Waals surface area contributed by atoms with Crippen LogP contribution in [0.2, 0.25) is 0 Å². The lowest BCUT2D eigenvalue weighted by Gasteiger charge is -2.26. The Morgan fingerprint density at radius 1 is 1.17 bits per heavy atom. The molecule has 0 fully saturated rings. The van der Waals surface area contributed by atoms with Gasteiger partial charge in [0.1, 0.15) is 6.20 Å². The fourth-order valence-corrected chi connectivity index (χ4v) is 2.34. The Morgan fingerprint density at radius 2 is 1.79 bits per heavy atom. The van der Waals surface area contributed by atoms with Crippen LogP contribution in [0.1, 0.15) is 5.56 Å². The first-order chi connectivity index (χ1) is 11.3. The zero-order chi connectivity index (χ0) is 17.8. The van der Waals surface area contributed by atoms with Gasteiger partial charge in [0.2, 0.25) is 0 Å². The molecule has 128 valence electrons. The summed E-state index contributed by atoms with van der Waals surface area (Å²) in [5.74, 6) is 0.740. The monoisotopic (exact) mass is 356 g/mol. The molecule has 1 aromatic heterocycles. The maximum absolute atomic E-state index is 9.36. The van der Waals surface area contributed by atoms with Crippen molar-refractivity contribution in [3.63, 3.8) is 0 Å². The van der Waals surface area contributed by atoms with Gasteiger partial charge in [-0.1, -0.05) is 35.3 Å². The topological polar surface area (TPSA) is 163 Å². The molecule has 0 saturated heterocycles. The second-order valence-electron chi connectivity index (χ2n) is 4.45. The predicted molar refractivity (Wildman–Crippen MR) is 67.0 cm³/mol. The van der Waals surface area contributed by atoms with Crippen molar-refractivity contribution in [2.45, 2.75) is 5.72 Å². The number of nitrogens with zero attached hydrogens (tertiary/aromatic N) is 3. The van der Waals surface area contributed by atoms with Gasteiger partial charge >= 0.3 is 5.95 Å². The molecule has 10 nitrogen and oxygen atoms in total. The molecule has 24 heavy (non-hydrogen) atoms. The third-order valence-electron chi connectivity index (χ3n) is 3.17. The van der Waals surface area contributed by atoms with Gasteiger partial charge in [0.15, 0.2) is 0 Å². The minimum atomic E-state index is -4.94. The number of rotatable bonds is 2. The van der Waals surface area contributed by atoms with Gasteiger partial charge in [-0.3, -0.25) is 5.21 Å². The molecule has 0 aliphatic carbocycles. The molecule has 0 amide bonds. The van der Waals surface area contributed by atoms with Crippen molar-refractivity contribution in [3.8, 4) is 0 Å². The van der Waals surface area contributed by atoms with Crippen molar-refractivity contribution in [3.05, 3.63) is 54.4 Å². The molecule has 1 aliphatic rings. The molecule has 2 N–H and O–H groups in total. The van der Waals surface area contributed by atoms with Gasteiger partial charge < -0.3 is 4.74 Å². The maximum Gasteiger partial charge on any atom is 0.437 e. The molecule has 3 rings (SSSR count). The standard InChI is InChI=1S/C13H12N4O2.ClHO4/c1-19-13(10-6-3-2-4-7-10)11(16-18)15-12-14-8-5-9-17(12)13;2-1(3,4)5/h2-9,18H,1H3;(H,2,3,4,5)/t13-;/m0./s1. The molecular weight excluding hydrogens is 344 g/mol. The van der Waals surface area contributed by atoms with Gasteiger partial charge in [-0.25, -0.2) is 24.1 Å². The highest BCUT2D eigenvalue weighted by molar-refractivity contribution is 5.91. The van der Waals surface area contributed by atoms with E-state index in [-0.39, 0.29) is 5.84 Å². The zero-order valence-electron chi connectivity index (χ0n) is 12.3. The molecule has 2 heterocycles. The molecule has 1 aliphatic heterocycles. The Bertz CT molecular complexity index is 718. The maximum atomic E-state index is 9.36. The van der Waals surface area contributed by atoms with Gasteiger partial charge in [0, 0.05) is 18.7 Å². The summed E-state index contributed by atoms with van der Waals surface area (Å²) in [4.78, 5) is 8.42. The first-order valence-corrected chi connectivity index (χ1v) is 7.65. The van der Waals surface area contributed by atoms with Crippen LogP contribution >= 0.6 is 0 Å². The molecule has 0 bridgehead atoms. The third-order valence-corrected chi connectivity index (χ3v) is 3.17. The summed E-state index contributed by atoms with van der Waals surface area (Å²) in [7, 11) is -3.38. The predicted octanol–water partition coefficient (Wildman–Crippen LogP) is -4.02. The first kappa shape index (κ1) is 18.2. The number of aliphatic imine (C=N–C) groups is 1. The van der Waals surface area contributed by atoms with Crippen LogP contribution in [0.25, 0.3) is 0 Å². The molecule has 2 aromatic rings. The van der Waals surface area contributed by atoms with Gasteiger partial charge in [-0.15, -0.1) is 10.2 Å². The molecule has 1 atom stereocenters. The highest BCUT2D eigenvalue weighted by atomic mass is 35.7. The average molecular weight is 357 g/mol. The normalized spacial score (nSPS) is 19.0. The van der Waals surface area contributed by atoms with Crippen LogP contribution in [0.15, 0.2) is 53.8 Å². The van der Waals surface area contributed by atoms with Crippen LogP contribution < -0.4 is 28.7 Å². The van der Waals surface area contributed by atoms with E-state index < -0.39 is 16.0 Å². The lowest BCUT2D eigenvalue weighted by Crippen LogP contribution is -2.68. The second kappa shape index (κ2) is 7.15. The van der Waals surface area contributed by atoms with Gasteiger partial charge in [-0.2, -0.15) is 4.57 Å². The van der Waals surface area contributed by atoms with E-state index in [0.717, 1.165) is 5.56 Å². The van der Waals surface area contributed by atoms with E-state index in [9.17, 15) is 5.21 Å². The zero-order valence-corrected chi connectivity index (χ0v) is 13.1. The molecule has 0 saturated carbocycles. The largest absolute Gasteiger partial charge is 0.437 e. The van der Waals surface area contributed by atoms with Gasteiger partial charge in [0.25, 0.3) is 11.6 Å². The number of halogens is 1. The fourth-order valence-electron chi connectivity index (χ4n) is 2.34. The Balaban J connectivity index is 0.000000368. The summed E-state index contributed by atoms with van der Waals surface area (Å²) in [5.41, 5.74) is 1.93. The Morgan fingerprint density at radius 3 is 2.33 bits per heavy atom. The summed E-state index contributed by atoms with van der Waals surface area (Å²) in [5, 5.41) is 9.36. The quantitative estimate of drug-likeness (QED) is 0.406. The van der Waals surface area contributed by atoms with E-state index in [1.54, 1.807) is 23.9 Å². The molecule has 0 spiro atoms. The Kier molecular flexibility index (Phi) is 5.41. The number of amidine groups is 1. The number of aromatic nitrogens is 2. The lowest BCUT2D eigenvalue weighted by atomic mass is 10.0. The number of ether oxygens (including phenoxy) is 1. The van der Waals surface area contributed by atoms with E-state index in [4.69, 9.17) is 23.4 Å². The summed E-state index contributed by atoms with van der Waals surface area (Å²) in [6.07, 6.45) is 3.45. The van der Waals surface area contributed by atoms with Crippen molar-refractivity contribution in [2.24, 2.45) is 4.99 Å². The number of methoxy groups -OCH3 is 1. The van der Waals surface area contributed by atoms with Crippen molar-refractivity contribution < 1.29 is 43.4 Å². The summed E-state index contributed by atoms with van der Waals surface area (Å²) in [6, 6.07) is 11.3. The van der Waals surface area contributed by atoms with Gasteiger partial charge in [-0.05, 0) is 4.99 Å². The molecule has 11 heteroatoms. The van der Waals surface area contributed by atoms with Crippen LogP contribution in [0.5, 0.6) is 0 Å². The molecular formula is C13H13ClN4O6. The highest BCUT2D eigenvalue weighted by Gasteiger charge is 2.53. The third kappa shape index (κ3) is 3.66. The second-order valence-corrected chi connectivity index (χ2v) is 5.21. The average Bonchev–Trinajstić information content (AvgIpc) is 2.88. The van der Waals surface area contributed by atoms with Crippen molar-refractivity contribution in [1.82, 2.24) is 10.5 Å². The molecule has 0 radical (unpaired) electrons. The van der Waals surface area contributed by atoms with Crippen LogP contribution in [-0.2, 0) is 10.5 Å². The summed E-state index contributed by atoms with van der Waals surface area (Å²) >= 11 is 0. The SMILES string of the molecule is CO[C@@]1(c2ccccc2)C(NO)=Nc2nccc[n+]21.[O-][Cl+3]([O-])([O-])[O-]. The van der Waals surface area contributed by atoms with E-state index in [1.807, 2.05) is 36.5 Å². The number of hydroxylamine groups is 1. The summed E-state index contributed by atoms with van der Waals surface area (Å²) < 4.78 is 41.4. The molecule has 0 unspecified atom stereocenters. The number of hydrogen-bond donors (Lipinski definition) is 2. The van der Waals surface area contributed by atoms with Crippen LogP contribution in [0.4, 0.5) is 5.95 Å². The van der Waals surface area contributed by atoms with E-state index in [1.165, 1.54) is 0 Å². The van der Waals surface area contributed by atoms with E-state index in [2.05, 4.69) is 15.5 Å². The minimum Gasteiger partial charge on any atom is -0.335 e. The minimum absolute atomic E-state index is 0.278. The number of fused-ring (bicyclic) bond motifs is 1. The number of nitrogens with one attached hydrogen (secondary N) is 1. The van der Waals surface area contributed by atoms with Crippen LogP contribution in [-0.4, -0.2) is 23.1 Å². The number of hydrogen-bond acceptors (Lipinski definition) is 9. The first-order valence-electron chi connectivity index (χ1n) is 6.41. The van der Waals surface area contributed by atoms with Crippen molar-refractivity contribution >= 4 is 11.8 Å².